The monoisotopic (exact) mass is 490 g/mol. The summed E-state index contributed by atoms with van der Waals surface area (Å²) in [5.41, 5.74) is 3.73. The molecule has 0 bridgehead atoms. The number of nitrogens with two attached hydrogens (primary N) is 1. The van der Waals surface area contributed by atoms with Gasteiger partial charge in [0.25, 0.3) is 5.56 Å². The van der Waals surface area contributed by atoms with Crippen LogP contribution in [-0.4, -0.2) is 32.0 Å². The molecule has 10 heteroatoms. The summed E-state index contributed by atoms with van der Waals surface area (Å²) in [7, 11) is 1.60. The van der Waals surface area contributed by atoms with Crippen LogP contribution >= 0.6 is 23.1 Å². The minimum absolute atomic E-state index is 0.149. The highest BCUT2D eigenvalue weighted by Gasteiger charge is 2.19. The van der Waals surface area contributed by atoms with Crippen molar-refractivity contribution in [3.63, 3.8) is 0 Å². The van der Waals surface area contributed by atoms with E-state index in [1.165, 1.54) is 33.3 Å². The molecule has 3 aromatic heterocycles. The third-order valence-corrected chi connectivity index (χ3v) is 7.43. The van der Waals surface area contributed by atoms with Gasteiger partial charge < -0.3 is 15.6 Å². The van der Waals surface area contributed by atoms with Crippen molar-refractivity contribution >= 4 is 33.3 Å². The van der Waals surface area contributed by atoms with Gasteiger partial charge in [-0.1, -0.05) is 53.7 Å². The van der Waals surface area contributed by atoms with Crippen LogP contribution in [0.4, 0.5) is 0 Å². The summed E-state index contributed by atoms with van der Waals surface area (Å²) in [4.78, 5) is 22.5. The Morgan fingerprint density at radius 2 is 1.88 bits per heavy atom. The Kier molecular flexibility index (Phi) is 5.84. The molecule has 3 N–H and O–H groups in total. The lowest BCUT2D eigenvalue weighted by Crippen LogP contribution is -2.13. The summed E-state index contributed by atoms with van der Waals surface area (Å²) >= 11 is 2.88. The van der Waals surface area contributed by atoms with Gasteiger partial charge in [0.2, 0.25) is 5.16 Å². The number of aromatic amines is 1. The number of thioether (sulfide) groups is 1. The maximum absolute atomic E-state index is 13.0. The lowest BCUT2D eigenvalue weighted by atomic mass is 10.0. The zero-order chi connectivity index (χ0) is 23.8. The summed E-state index contributed by atoms with van der Waals surface area (Å²) < 4.78 is 6.83. The van der Waals surface area contributed by atoms with Crippen LogP contribution in [0.25, 0.3) is 32.7 Å². The zero-order valence-electron chi connectivity index (χ0n) is 18.8. The average molecular weight is 491 g/mol. The molecule has 0 atom stereocenters. The molecule has 0 aliphatic carbocycles. The molecule has 0 unspecified atom stereocenters. The zero-order valence-corrected chi connectivity index (χ0v) is 20.5. The van der Waals surface area contributed by atoms with E-state index in [4.69, 9.17) is 15.6 Å². The minimum Gasteiger partial charge on any atom is -0.496 e. The number of ether oxygens (including phenoxy) is 1. The molecule has 0 radical (unpaired) electrons. The molecule has 5 rings (SSSR count). The highest BCUT2D eigenvalue weighted by atomic mass is 32.2. The van der Waals surface area contributed by atoms with E-state index < -0.39 is 0 Å². The van der Waals surface area contributed by atoms with Crippen molar-refractivity contribution in [2.24, 2.45) is 0 Å². The number of hydrogen-bond acceptors (Lipinski definition) is 8. The fourth-order valence-electron chi connectivity index (χ4n) is 3.82. The number of thiophene rings is 1. The third-order valence-electron chi connectivity index (χ3n) is 5.48. The van der Waals surface area contributed by atoms with Crippen LogP contribution in [0.5, 0.6) is 5.75 Å². The van der Waals surface area contributed by atoms with Gasteiger partial charge in [0.1, 0.15) is 16.4 Å². The molecule has 172 valence electrons. The number of hydrogen-bond donors (Lipinski definition) is 2. The molecular formula is C24H22N6O2S2. The van der Waals surface area contributed by atoms with Gasteiger partial charge in [0.15, 0.2) is 5.82 Å². The molecule has 8 nitrogen and oxygen atoms in total. The lowest BCUT2D eigenvalue weighted by Gasteiger charge is -2.07. The first kappa shape index (κ1) is 22.2. The van der Waals surface area contributed by atoms with Gasteiger partial charge in [-0.05, 0) is 31.5 Å². The molecular weight excluding hydrogens is 468 g/mol. The van der Waals surface area contributed by atoms with Crippen LogP contribution in [0.1, 0.15) is 16.3 Å². The number of nitrogens with zero attached hydrogens (tertiary/aromatic N) is 4. The Morgan fingerprint density at radius 1 is 1.12 bits per heavy atom. The van der Waals surface area contributed by atoms with E-state index in [9.17, 15) is 4.79 Å². The first-order chi connectivity index (χ1) is 16.5. The Hall–Kier alpha value is -3.63. The fourth-order valence-corrected chi connectivity index (χ4v) is 5.61. The largest absolute Gasteiger partial charge is 0.496 e. The van der Waals surface area contributed by atoms with Crippen molar-refractivity contribution in [2.75, 3.05) is 13.0 Å². The SMILES string of the molecule is COc1ccccc1-c1nnc(SCc2nc3sc(C)c(-c4ccc(C)cc4)c3c(=O)[nH]2)n1N. The number of nitrogens with one attached hydrogen (secondary N) is 1. The Bertz CT molecular complexity index is 1550. The van der Waals surface area contributed by atoms with Crippen LogP contribution < -0.4 is 16.1 Å². The smallest absolute Gasteiger partial charge is 0.260 e. The molecule has 0 saturated carbocycles. The molecule has 0 saturated heterocycles. The number of rotatable bonds is 6. The molecule has 2 aromatic carbocycles. The third kappa shape index (κ3) is 3.95. The summed E-state index contributed by atoms with van der Waals surface area (Å²) in [5.74, 6) is 8.37. The molecule has 0 spiro atoms. The molecule has 5 aromatic rings. The van der Waals surface area contributed by atoms with Crippen LogP contribution in [0.3, 0.4) is 0 Å². The number of para-hydroxylation sites is 1. The van der Waals surface area contributed by atoms with Gasteiger partial charge in [-0.25, -0.2) is 9.66 Å². The van der Waals surface area contributed by atoms with Gasteiger partial charge >= 0.3 is 0 Å². The summed E-state index contributed by atoms with van der Waals surface area (Å²) in [6.45, 7) is 4.06. The summed E-state index contributed by atoms with van der Waals surface area (Å²) in [5, 5.41) is 9.57. The number of benzene rings is 2. The number of H-pyrrole nitrogens is 1. The quantitative estimate of drug-likeness (QED) is 0.265. The topological polar surface area (TPSA) is 112 Å². The maximum Gasteiger partial charge on any atom is 0.260 e. The van der Waals surface area contributed by atoms with Crippen molar-refractivity contribution in [1.82, 2.24) is 24.8 Å². The molecule has 0 fully saturated rings. The van der Waals surface area contributed by atoms with E-state index in [-0.39, 0.29) is 5.56 Å². The van der Waals surface area contributed by atoms with Crippen molar-refractivity contribution in [3.05, 3.63) is 75.1 Å². The number of fused-ring (bicyclic) bond motifs is 1. The standard InChI is InChI=1S/C24H22N6O2S2/c1-13-8-10-15(11-9-13)19-14(2)34-23-20(19)22(31)26-18(27-23)12-33-24-29-28-21(30(24)25)16-6-4-5-7-17(16)32-3/h4-11H,12,25H2,1-3H3,(H,26,27,31). The molecule has 34 heavy (non-hydrogen) atoms. The molecule has 0 aliphatic rings. The highest BCUT2D eigenvalue weighted by Crippen LogP contribution is 2.36. The minimum atomic E-state index is -0.149. The second-order valence-electron chi connectivity index (χ2n) is 7.76. The molecule has 3 heterocycles. The van der Waals surface area contributed by atoms with E-state index in [0.717, 1.165) is 26.4 Å². The van der Waals surface area contributed by atoms with E-state index in [1.807, 2.05) is 62.4 Å². The van der Waals surface area contributed by atoms with Gasteiger partial charge in [-0.2, -0.15) is 0 Å². The fraction of sp³-hybridized carbons (Fsp3) is 0.167. The number of aryl methyl sites for hydroxylation is 2. The second kappa shape index (κ2) is 8.96. The van der Waals surface area contributed by atoms with Crippen molar-refractivity contribution < 1.29 is 4.74 Å². The number of aromatic nitrogens is 5. The van der Waals surface area contributed by atoms with Crippen LogP contribution in [-0.2, 0) is 5.75 Å². The maximum atomic E-state index is 13.0. The van der Waals surface area contributed by atoms with Crippen molar-refractivity contribution in [3.8, 4) is 28.3 Å². The second-order valence-corrected chi connectivity index (χ2v) is 9.90. The number of nitrogen functional groups attached to an aromatic ring is 1. The van der Waals surface area contributed by atoms with Gasteiger partial charge in [0.05, 0.1) is 23.8 Å². The van der Waals surface area contributed by atoms with E-state index in [1.54, 1.807) is 7.11 Å². The van der Waals surface area contributed by atoms with E-state index in [2.05, 4.69) is 15.2 Å². The van der Waals surface area contributed by atoms with Crippen molar-refractivity contribution in [1.29, 1.82) is 0 Å². The first-order valence-corrected chi connectivity index (χ1v) is 12.3. The van der Waals surface area contributed by atoms with Gasteiger partial charge in [-0.15, -0.1) is 21.5 Å². The average Bonchev–Trinajstić information content (AvgIpc) is 3.37. The normalized spacial score (nSPS) is 11.3. The van der Waals surface area contributed by atoms with E-state index >= 15 is 0 Å². The van der Waals surface area contributed by atoms with Gasteiger partial charge in [-0.3, -0.25) is 4.79 Å². The Labute approximate surface area is 203 Å². The lowest BCUT2D eigenvalue weighted by molar-refractivity contribution is 0.416. The predicted octanol–water partition coefficient (Wildman–Crippen LogP) is 4.54. The van der Waals surface area contributed by atoms with Crippen molar-refractivity contribution in [2.45, 2.75) is 24.8 Å². The Morgan fingerprint density at radius 3 is 2.65 bits per heavy atom. The Balaban J connectivity index is 1.43. The molecule has 0 amide bonds. The molecule has 0 aliphatic heterocycles. The predicted molar refractivity (Wildman–Crippen MR) is 137 cm³/mol. The number of methoxy groups -OCH3 is 1. The first-order valence-electron chi connectivity index (χ1n) is 10.5. The summed E-state index contributed by atoms with van der Waals surface area (Å²) in [6.07, 6.45) is 0. The van der Waals surface area contributed by atoms with Crippen LogP contribution in [0.15, 0.2) is 58.5 Å². The summed E-state index contributed by atoms with van der Waals surface area (Å²) in [6, 6.07) is 15.7. The van der Waals surface area contributed by atoms with Crippen LogP contribution in [0, 0.1) is 13.8 Å². The van der Waals surface area contributed by atoms with Gasteiger partial charge in [0, 0.05) is 10.4 Å². The van der Waals surface area contributed by atoms with Crippen LogP contribution in [0.2, 0.25) is 0 Å². The highest BCUT2D eigenvalue weighted by molar-refractivity contribution is 7.98. The van der Waals surface area contributed by atoms with E-state index in [0.29, 0.717) is 33.7 Å².